The zero-order chi connectivity index (χ0) is 19.6. The van der Waals surface area contributed by atoms with Gasteiger partial charge in [-0.05, 0) is 0 Å². The molecule has 4 unspecified atom stereocenters. The minimum Gasteiger partial charge on any atom is -0.387 e. The molecule has 12 heteroatoms. The molecule has 4 N–H and O–H groups in total. The molecular weight excluding hydrogens is 376 g/mol. The number of sulfonamides is 1. The van der Waals surface area contributed by atoms with Crippen LogP contribution in [0.1, 0.15) is 6.23 Å². The van der Waals surface area contributed by atoms with Gasteiger partial charge in [-0.15, -0.1) is 6.42 Å². The van der Waals surface area contributed by atoms with Crippen molar-refractivity contribution in [1.29, 1.82) is 0 Å². The van der Waals surface area contributed by atoms with Crippen LogP contribution in [-0.2, 0) is 14.8 Å². The van der Waals surface area contributed by atoms with Gasteiger partial charge in [0.2, 0.25) is 10.0 Å². The Hall–Kier alpha value is -2.56. The normalized spacial score (nSPS) is 25.4. The van der Waals surface area contributed by atoms with Crippen LogP contribution >= 0.6 is 0 Å². The smallest absolute Gasteiger partial charge is 0.233 e. The third-order valence-corrected chi connectivity index (χ3v) is 5.04. The maximum atomic E-state index is 11.5. The number of imidazole rings is 1. The van der Waals surface area contributed by atoms with Gasteiger partial charge in [0.25, 0.3) is 0 Å². The summed E-state index contributed by atoms with van der Waals surface area (Å²) in [6.07, 6.45) is 3.28. The molecule has 27 heavy (non-hydrogen) atoms. The third-order valence-electron chi connectivity index (χ3n) is 4.03. The van der Waals surface area contributed by atoms with E-state index in [4.69, 9.17) is 11.2 Å². The van der Waals surface area contributed by atoms with Gasteiger partial charge in [0.05, 0.1) is 12.9 Å². The Bertz CT molecular complexity index is 984. The number of nitrogens with one attached hydrogen (secondary N) is 2. The molecule has 0 aromatic carbocycles. The number of aromatic nitrogens is 4. The lowest BCUT2D eigenvalue weighted by molar-refractivity contribution is -0.0329. The van der Waals surface area contributed by atoms with Gasteiger partial charge in [0, 0.05) is 12.0 Å². The van der Waals surface area contributed by atoms with Crippen LogP contribution in [-0.4, -0.2) is 69.6 Å². The van der Waals surface area contributed by atoms with Gasteiger partial charge in [-0.1, -0.05) is 12.5 Å². The minimum absolute atomic E-state index is 0.236. The van der Waals surface area contributed by atoms with Crippen LogP contribution in [0.5, 0.6) is 0 Å². The summed E-state index contributed by atoms with van der Waals surface area (Å²) in [7, 11) is -3.69. The number of aliphatic hydroxyl groups excluding tert-OH is 2. The van der Waals surface area contributed by atoms with E-state index in [1.54, 1.807) is 0 Å². The molecule has 0 amide bonds. The predicted molar refractivity (Wildman–Crippen MR) is 95.7 cm³/mol. The van der Waals surface area contributed by atoms with Crippen molar-refractivity contribution >= 4 is 27.0 Å². The third kappa shape index (κ3) is 3.77. The van der Waals surface area contributed by atoms with Crippen molar-refractivity contribution in [2.24, 2.45) is 0 Å². The molecule has 0 aliphatic carbocycles. The molecule has 1 fully saturated rings. The number of nitrogens with zero attached hydrogens (tertiary/aromatic N) is 4. The molecule has 3 heterocycles. The van der Waals surface area contributed by atoms with Gasteiger partial charge >= 0.3 is 0 Å². The maximum absolute atomic E-state index is 11.5. The SMILES string of the molecule is C#CCNc1ncnc2c1ncn2C1OC(CNS(=O)(=O)C=C)C(O)C1O. The van der Waals surface area contributed by atoms with Crippen LogP contribution < -0.4 is 10.0 Å². The van der Waals surface area contributed by atoms with Crippen molar-refractivity contribution in [3.63, 3.8) is 0 Å². The highest BCUT2D eigenvalue weighted by Crippen LogP contribution is 2.32. The number of terminal acetylenes is 1. The first-order valence-corrected chi connectivity index (χ1v) is 9.41. The molecule has 0 spiro atoms. The lowest BCUT2D eigenvalue weighted by Crippen LogP contribution is -2.39. The average Bonchev–Trinajstić information content (AvgIpc) is 3.21. The minimum atomic E-state index is -3.69. The summed E-state index contributed by atoms with van der Waals surface area (Å²) in [4.78, 5) is 12.4. The Balaban J connectivity index is 1.84. The number of hydrogen-bond donors (Lipinski definition) is 4. The van der Waals surface area contributed by atoms with Gasteiger partial charge in [0.15, 0.2) is 23.2 Å². The lowest BCUT2D eigenvalue weighted by atomic mass is 10.1. The molecular formula is C15H18N6O5S. The summed E-state index contributed by atoms with van der Waals surface area (Å²) >= 11 is 0. The van der Waals surface area contributed by atoms with Crippen molar-refractivity contribution in [1.82, 2.24) is 24.2 Å². The van der Waals surface area contributed by atoms with E-state index >= 15 is 0 Å². The number of ether oxygens (including phenoxy) is 1. The van der Waals surface area contributed by atoms with Crippen molar-refractivity contribution in [3.05, 3.63) is 24.6 Å². The van der Waals surface area contributed by atoms with E-state index in [1.807, 2.05) is 0 Å². The highest BCUT2D eigenvalue weighted by Gasteiger charge is 2.44. The number of aliphatic hydroxyl groups is 2. The number of rotatable bonds is 7. The monoisotopic (exact) mass is 394 g/mol. The summed E-state index contributed by atoms with van der Waals surface area (Å²) < 4.78 is 32.2. The second-order valence-electron chi connectivity index (χ2n) is 5.71. The second-order valence-corrected chi connectivity index (χ2v) is 7.42. The molecule has 4 atom stereocenters. The van der Waals surface area contributed by atoms with E-state index in [0.29, 0.717) is 17.0 Å². The molecule has 1 saturated heterocycles. The lowest BCUT2D eigenvalue weighted by Gasteiger charge is -2.16. The topological polar surface area (TPSA) is 151 Å². The van der Waals surface area contributed by atoms with Crippen LogP contribution in [0.25, 0.3) is 11.2 Å². The van der Waals surface area contributed by atoms with Gasteiger partial charge in [0.1, 0.15) is 24.6 Å². The van der Waals surface area contributed by atoms with Crippen LogP contribution in [0.3, 0.4) is 0 Å². The van der Waals surface area contributed by atoms with Gasteiger partial charge in [-0.25, -0.2) is 28.1 Å². The van der Waals surface area contributed by atoms with E-state index in [2.05, 4.69) is 37.5 Å². The number of fused-ring (bicyclic) bond motifs is 1. The summed E-state index contributed by atoms with van der Waals surface area (Å²) in [6.45, 7) is 3.19. The Morgan fingerprint density at radius 1 is 1.37 bits per heavy atom. The van der Waals surface area contributed by atoms with E-state index in [1.165, 1.54) is 17.2 Å². The van der Waals surface area contributed by atoms with E-state index in [0.717, 1.165) is 5.41 Å². The predicted octanol–water partition coefficient (Wildman–Crippen LogP) is -1.45. The number of hydrogen-bond acceptors (Lipinski definition) is 9. The average molecular weight is 394 g/mol. The van der Waals surface area contributed by atoms with E-state index < -0.39 is 34.6 Å². The first kappa shape index (κ1) is 19.2. The van der Waals surface area contributed by atoms with Crippen molar-refractivity contribution in [3.8, 4) is 12.3 Å². The zero-order valence-corrected chi connectivity index (χ0v) is 14.9. The largest absolute Gasteiger partial charge is 0.387 e. The number of anilines is 1. The van der Waals surface area contributed by atoms with Crippen molar-refractivity contribution in [2.75, 3.05) is 18.4 Å². The molecule has 2 aromatic heterocycles. The van der Waals surface area contributed by atoms with Gasteiger partial charge in [-0.3, -0.25) is 4.57 Å². The molecule has 1 aliphatic heterocycles. The molecule has 11 nitrogen and oxygen atoms in total. The summed E-state index contributed by atoms with van der Waals surface area (Å²) in [5.74, 6) is 2.84. The fourth-order valence-corrected chi connectivity index (χ4v) is 3.20. The zero-order valence-electron chi connectivity index (χ0n) is 14.1. The maximum Gasteiger partial charge on any atom is 0.233 e. The fraction of sp³-hybridized carbons (Fsp3) is 0.400. The first-order valence-electron chi connectivity index (χ1n) is 7.86. The molecule has 0 saturated carbocycles. The van der Waals surface area contributed by atoms with Crippen LogP contribution in [0.2, 0.25) is 0 Å². The Morgan fingerprint density at radius 3 is 2.85 bits per heavy atom. The summed E-state index contributed by atoms with van der Waals surface area (Å²) in [5.41, 5.74) is 0.766. The highest BCUT2D eigenvalue weighted by molar-refractivity contribution is 7.92. The Kier molecular flexibility index (Phi) is 5.40. The van der Waals surface area contributed by atoms with Crippen LogP contribution in [0.15, 0.2) is 24.6 Å². The van der Waals surface area contributed by atoms with Crippen molar-refractivity contribution < 1.29 is 23.4 Å². The van der Waals surface area contributed by atoms with Gasteiger partial charge < -0.3 is 20.3 Å². The standard InChI is InChI=1S/C15H18N6O5S/c1-3-5-16-13-10-14(18-7-17-13)21(8-19-10)15-12(23)11(22)9(26-15)6-20-27(24,25)4-2/h1,4,7-9,11-12,15,20,22-23H,2,5-6H2,(H,16,17,18). The molecule has 0 bridgehead atoms. The van der Waals surface area contributed by atoms with Crippen molar-refractivity contribution in [2.45, 2.75) is 24.5 Å². The second kappa shape index (κ2) is 7.59. The fourth-order valence-electron chi connectivity index (χ4n) is 2.69. The molecule has 3 rings (SSSR count). The molecule has 1 aliphatic rings. The summed E-state index contributed by atoms with van der Waals surface area (Å²) in [6, 6.07) is 0. The Labute approximate surface area is 155 Å². The Morgan fingerprint density at radius 2 is 2.15 bits per heavy atom. The molecule has 144 valence electrons. The first-order chi connectivity index (χ1) is 12.9. The van der Waals surface area contributed by atoms with E-state index in [-0.39, 0.29) is 13.1 Å². The van der Waals surface area contributed by atoms with Crippen LogP contribution in [0.4, 0.5) is 5.82 Å². The van der Waals surface area contributed by atoms with Crippen LogP contribution in [0, 0.1) is 12.3 Å². The van der Waals surface area contributed by atoms with E-state index in [9.17, 15) is 18.6 Å². The summed E-state index contributed by atoms with van der Waals surface area (Å²) in [5, 5.41) is 24.2. The molecule has 0 radical (unpaired) electrons. The molecule has 2 aromatic rings. The highest BCUT2D eigenvalue weighted by atomic mass is 32.2. The quantitative estimate of drug-likeness (QED) is 0.413. The van der Waals surface area contributed by atoms with Gasteiger partial charge in [-0.2, -0.15) is 0 Å².